The second kappa shape index (κ2) is 8.31. The van der Waals surface area contributed by atoms with Gasteiger partial charge in [-0.1, -0.05) is 16.9 Å². The molecule has 0 unspecified atom stereocenters. The molecule has 10 heteroatoms. The van der Waals surface area contributed by atoms with Gasteiger partial charge in [0, 0.05) is 17.2 Å². The summed E-state index contributed by atoms with van der Waals surface area (Å²) in [6.07, 6.45) is 0. The molecule has 4 rings (SSSR count). The van der Waals surface area contributed by atoms with E-state index >= 15 is 0 Å². The van der Waals surface area contributed by atoms with E-state index in [4.69, 9.17) is 18.4 Å². The molecule has 0 amide bonds. The summed E-state index contributed by atoms with van der Waals surface area (Å²) in [5.41, 5.74) is 1.32. The third-order valence-electron chi connectivity index (χ3n) is 3.89. The fourth-order valence-electron chi connectivity index (χ4n) is 2.46. The first-order valence-corrected chi connectivity index (χ1v) is 9.41. The van der Waals surface area contributed by atoms with Gasteiger partial charge in [0.1, 0.15) is 17.3 Å². The molecule has 0 spiro atoms. The van der Waals surface area contributed by atoms with E-state index in [1.807, 2.05) is 0 Å². The van der Waals surface area contributed by atoms with Gasteiger partial charge in [-0.15, -0.1) is 10.2 Å². The van der Waals surface area contributed by atoms with E-state index < -0.39 is 0 Å². The molecule has 0 radical (unpaired) electrons. The van der Waals surface area contributed by atoms with Gasteiger partial charge < -0.3 is 18.4 Å². The average Bonchev–Trinajstić information content (AvgIpc) is 3.42. The number of methoxy groups -OCH3 is 2. The van der Waals surface area contributed by atoms with Crippen LogP contribution in [0, 0.1) is 5.82 Å². The minimum Gasteiger partial charge on any atom is -0.497 e. The van der Waals surface area contributed by atoms with Crippen molar-refractivity contribution >= 4 is 11.8 Å². The summed E-state index contributed by atoms with van der Waals surface area (Å²) in [4.78, 5) is 4.29. The zero-order chi connectivity index (χ0) is 20.2. The van der Waals surface area contributed by atoms with Crippen LogP contribution in [0.2, 0.25) is 0 Å². The number of hydrogen-bond donors (Lipinski definition) is 0. The predicted molar refractivity (Wildman–Crippen MR) is 102 cm³/mol. The molecule has 2 heterocycles. The fraction of sp³-hybridized carbons (Fsp3) is 0.158. The predicted octanol–water partition coefficient (Wildman–Crippen LogP) is 4.24. The molecule has 0 aliphatic carbocycles. The maximum atomic E-state index is 13.0. The zero-order valence-electron chi connectivity index (χ0n) is 15.5. The Balaban J connectivity index is 1.44. The standard InChI is InChI=1S/C19H15FN4O4S/c1-25-14-7-12(8-15(9-14)26-2)18-22-23-19(27-18)29-10-16-21-17(28-24-16)11-3-5-13(20)6-4-11/h3-9H,10H2,1-2H3. The monoisotopic (exact) mass is 414 g/mol. The number of nitrogens with zero attached hydrogens (tertiary/aromatic N) is 4. The Morgan fingerprint density at radius 2 is 1.66 bits per heavy atom. The van der Waals surface area contributed by atoms with Gasteiger partial charge in [0.05, 0.1) is 20.0 Å². The largest absolute Gasteiger partial charge is 0.497 e. The smallest absolute Gasteiger partial charge is 0.277 e. The van der Waals surface area contributed by atoms with Crippen LogP contribution in [0.1, 0.15) is 5.82 Å². The maximum absolute atomic E-state index is 13.0. The van der Waals surface area contributed by atoms with Crippen LogP contribution in [-0.2, 0) is 5.75 Å². The number of hydrogen-bond acceptors (Lipinski definition) is 9. The number of halogens is 1. The van der Waals surface area contributed by atoms with Crippen LogP contribution in [0.5, 0.6) is 11.5 Å². The van der Waals surface area contributed by atoms with Crippen molar-refractivity contribution in [3.63, 3.8) is 0 Å². The molecule has 2 aromatic carbocycles. The van der Waals surface area contributed by atoms with Crippen LogP contribution in [-0.4, -0.2) is 34.6 Å². The van der Waals surface area contributed by atoms with Gasteiger partial charge in [-0.3, -0.25) is 0 Å². The molecule has 4 aromatic rings. The van der Waals surface area contributed by atoms with E-state index in [-0.39, 0.29) is 5.82 Å². The van der Waals surface area contributed by atoms with Gasteiger partial charge in [0.2, 0.25) is 5.89 Å². The van der Waals surface area contributed by atoms with Gasteiger partial charge in [-0.25, -0.2) is 4.39 Å². The first-order valence-electron chi connectivity index (χ1n) is 8.43. The molecule has 0 saturated heterocycles. The van der Waals surface area contributed by atoms with Crippen molar-refractivity contribution in [3.8, 4) is 34.4 Å². The highest BCUT2D eigenvalue weighted by Gasteiger charge is 2.14. The molecule has 0 aliphatic rings. The summed E-state index contributed by atoms with van der Waals surface area (Å²) >= 11 is 1.27. The van der Waals surface area contributed by atoms with Crippen molar-refractivity contribution < 1.29 is 22.8 Å². The summed E-state index contributed by atoms with van der Waals surface area (Å²) in [5.74, 6) is 2.38. The third kappa shape index (κ3) is 4.37. The van der Waals surface area contributed by atoms with Gasteiger partial charge in [0.15, 0.2) is 5.82 Å². The van der Waals surface area contributed by atoms with E-state index in [0.717, 1.165) is 0 Å². The second-order valence-corrected chi connectivity index (χ2v) is 6.71. The second-order valence-electron chi connectivity index (χ2n) is 5.79. The summed E-state index contributed by atoms with van der Waals surface area (Å²) in [5, 5.41) is 12.4. The Bertz CT molecular complexity index is 1090. The van der Waals surface area contributed by atoms with Crippen LogP contribution in [0.4, 0.5) is 4.39 Å². The Labute approximate surface area is 169 Å². The minimum absolute atomic E-state index is 0.315. The lowest BCUT2D eigenvalue weighted by Crippen LogP contribution is -1.88. The van der Waals surface area contributed by atoms with Crippen molar-refractivity contribution in [2.45, 2.75) is 11.0 Å². The lowest BCUT2D eigenvalue weighted by atomic mass is 10.2. The molecule has 0 saturated carbocycles. The van der Waals surface area contributed by atoms with Crippen LogP contribution >= 0.6 is 11.8 Å². The van der Waals surface area contributed by atoms with Crippen molar-refractivity contribution in [2.24, 2.45) is 0 Å². The van der Waals surface area contributed by atoms with Crippen molar-refractivity contribution in [2.75, 3.05) is 14.2 Å². The third-order valence-corrected chi connectivity index (χ3v) is 4.70. The maximum Gasteiger partial charge on any atom is 0.277 e. The molecular weight excluding hydrogens is 399 g/mol. The van der Waals surface area contributed by atoms with Gasteiger partial charge >= 0.3 is 0 Å². The Morgan fingerprint density at radius 1 is 0.931 bits per heavy atom. The Hall–Kier alpha value is -3.40. The minimum atomic E-state index is -0.329. The Kier molecular flexibility index (Phi) is 5.43. The number of aromatic nitrogens is 4. The molecule has 29 heavy (non-hydrogen) atoms. The van der Waals surface area contributed by atoms with Gasteiger partial charge in [-0.05, 0) is 36.4 Å². The molecule has 0 fully saturated rings. The number of ether oxygens (including phenoxy) is 2. The van der Waals surface area contributed by atoms with E-state index in [0.29, 0.717) is 51.2 Å². The molecule has 0 atom stereocenters. The lowest BCUT2D eigenvalue weighted by molar-refractivity contribution is 0.394. The summed E-state index contributed by atoms with van der Waals surface area (Å²) in [6.45, 7) is 0. The highest BCUT2D eigenvalue weighted by atomic mass is 32.2. The first kappa shape index (κ1) is 18.9. The highest BCUT2D eigenvalue weighted by Crippen LogP contribution is 2.31. The van der Waals surface area contributed by atoms with E-state index in [1.165, 1.54) is 23.9 Å². The molecule has 8 nitrogen and oxygen atoms in total. The van der Waals surface area contributed by atoms with Crippen molar-refractivity contribution in [1.82, 2.24) is 20.3 Å². The molecule has 0 aliphatic heterocycles. The highest BCUT2D eigenvalue weighted by molar-refractivity contribution is 7.98. The van der Waals surface area contributed by atoms with Gasteiger partial charge in [0.25, 0.3) is 11.1 Å². The number of benzene rings is 2. The molecule has 0 bridgehead atoms. The number of thioether (sulfide) groups is 1. The summed E-state index contributed by atoms with van der Waals surface area (Å²) in [6, 6.07) is 11.1. The van der Waals surface area contributed by atoms with Crippen LogP contribution in [0.3, 0.4) is 0 Å². The zero-order valence-corrected chi connectivity index (χ0v) is 16.3. The lowest BCUT2D eigenvalue weighted by Gasteiger charge is -2.05. The van der Waals surface area contributed by atoms with Crippen LogP contribution in [0.25, 0.3) is 22.9 Å². The molecule has 0 N–H and O–H groups in total. The van der Waals surface area contributed by atoms with Gasteiger partial charge in [-0.2, -0.15) is 4.98 Å². The first-order chi connectivity index (χ1) is 14.1. The normalized spacial score (nSPS) is 10.9. The summed E-state index contributed by atoms with van der Waals surface area (Å²) in [7, 11) is 3.14. The SMILES string of the molecule is COc1cc(OC)cc(-c2nnc(SCc3noc(-c4ccc(F)cc4)n3)o2)c1. The molecule has 148 valence electrons. The Morgan fingerprint density at radius 3 is 2.34 bits per heavy atom. The van der Waals surface area contributed by atoms with E-state index in [1.54, 1.807) is 44.6 Å². The fourth-order valence-corrected chi connectivity index (χ4v) is 3.07. The van der Waals surface area contributed by atoms with Crippen molar-refractivity contribution in [1.29, 1.82) is 0 Å². The topological polar surface area (TPSA) is 96.3 Å². The van der Waals surface area contributed by atoms with Crippen LogP contribution < -0.4 is 9.47 Å². The average molecular weight is 414 g/mol. The van der Waals surface area contributed by atoms with E-state index in [9.17, 15) is 4.39 Å². The number of rotatable bonds is 7. The van der Waals surface area contributed by atoms with E-state index in [2.05, 4.69) is 20.3 Å². The van der Waals surface area contributed by atoms with Crippen molar-refractivity contribution in [3.05, 3.63) is 54.1 Å². The molecule has 2 aromatic heterocycles. The summed E-state index contributed by atoms with van der Waals surface area (Å²) < 4.78 is 34.4. The molecular formula is C19H15FN4O4S. The quantitative estimate of drug-likeness (QED) is 0.411. The van der Waals surface area contributed by atoms with Crippen LogP contribution in [0.15, 0.2) is 56.6 Å².